The molecule has 0 atom stereocenters. The highest BCUT2D eigenvalue weighted by molar-refractivity contribution is 5.70. The number of hydrogen-bond donors (Lipinski definition) is 1. The van der Waals surface area contributed by atoms with Gasteiger partial charge in [-0.25, -0.2) is 9.78 Å². The van der Waals surface area contributed by atoms with Crippen LogP contribution >= 0.6 is 0 Å². The highest BCUT2D eigenvalue weighted by atomic mass is 16.5. The number of amides is 1. The molecule has 1 amide bonds. The standard InChI is InChI=1S/C13H15N3O2/c1-16-10-9-14-12(16)7-8-15-13(17)18-11-5-3-2-4-6-11/h2-6,9-10H,7-8H2,1H3,(H,15,17). The van der Waals surface area contributed by atoms with E-state index in [1.165, 1.54) is 0 Å². The molecule has 0 aliphatic rings. The number of benzene rings is 1. The minimum Gasteiger partial charge on any atom is -0.410 e. The van der Waals surface area contributed by atoms with Crippen molar-refractivity contribution in [3.8, 4) is 5.75 Å². The Morgan fingerprint density at radius 1 is 1.39 bits per heavy atom. The molecule has 94 valence electrons. The van der Waals surface area contributed by atoms with Crippen molar-refractivity contribution in [1.29, 1.82) is 0 Å². The topological polar surface area (TPSA) is 56.2 Å². The minimum atomic E-state index is -0.449. The van der Waals surface area contributed by atoms with Gasteiger partial charge in [-0.2, -0.15) is 0 Å². The number of aryl methyl sites for hydroxylation is 1. The van der Waals surface area contributed by atoms with Crippen molar-refractivity contribution in [2.45, 2.75) is 6.42 Å². The van der Waals surface area contributed by atoms with E-state index in [0.29, 0.717) is 18.7 Å². The molecule has 0 saturated heterocycles. The second kappa shape index (κ2) is 5.86. The third kappa shape index (κ3) is 3.35. The second-order valence-corrected chi connectivity index (χ2v) is 3.83. The van der Waals surface area contributed by atoms with Gasteiger partial charge in [0.05, 0.1) is 0 Å². The molecule has 1 aromatic carbocycles. The van der Waals surface area contributed by atoms with Gasteiger partial charge in [-0.05, 0) is 12.1 Å². The normalized spacial score (nSPS) is 10.1. The molecule has 0 aliphatic carbocycles. The fourth-order valence-corrected chi connectivity index (χ4v) is 1.55. The second-order valence-electron chi connectivity index (χ2n) is 3.83. The van der Waals surface area contributed by atoms with Crippen LogP contribution in [0.2, 0.25) is 0 Å². The van der Waals surface area contributed by atoms with Crippen molar-refractivity contribution in [2.24, 2.45) is 7.05 Å². The highest BCUT2D eigenvalue weighted by Gasteiger charge is 2.04. The van der Waals surface area contributed by atoms with Crippen LogP contribution in [0.15, 0.2) is 42.7 Å². The van der Waals surface area contributed by atoms with Crippen LogP contribution < -0.4 is 10.1 Å². The summed E-state index contributed by atoms with van der Waals surface area (Å²) >= 11 is 0. The summed E-state index contributed by atoms with van der Waals surface area (Å²) in [5, 5.41) is 2.68. The highest BCUT2D eigenvalue weighted by Crippen LogP contribution is 2.07. The van der Waals surface area contributed by atoms with E-state index in [-0.39, 0.29) is 0 Å². The summed E-state index contributed by atoms with van der Waals surface area (Å²) in [6.07, 6.45) is 3.83. The largest absolute Gasteiger partial charge is 0.412 e. The molecular weight excluding hydrogens is 230 g/mol. The molecule has 2 aromatic rings. The van der Waals surface area contributed by atoms with E-state index in [1.807, 2.05) is 36.0 Å². The average molecular weight is 245 g/mol. The first-order valence-corrected chi connectivity index (χ1v) is 5.72. The Kier molecular flexibility index (Phi) is 3.96. The number of imidazole rings is 1. The van der Waals surface area contributed by atoms with Crippen LogP contribution in [0, 0.1) is 0 Å². The number of hydrogen-bond acceptors (Lipinski definition) is 3. The number of carbonyl (C=O) groups is 1. The molecule has 1 heterocycles. The van der Waals surface area contributed by atoms with Gasteiger partial charge in [0, 0.05) is 32.4 Å². The van der Waals surface area contributed by atoms with Crippen molar-refractivity contribution >= 4 is 6.09 Å². The van der Waals surface area contributed by atoms with Gasteiger partial charge < -0.3 is 14.6 Å². The molecule has 5 nitrogen and oxygen atoms in total. The van der Waals surface area contributed by atoms with E-state index in [2.05, 4.69) is 10.3 Å². The molecule has 0 aliphatic heterocycles. The van der Waals surface area contributed by atoms with Gasteiger partial charge in [0.2, 0.25) is 0 Å². The van der Waals surface area contributed by atoms with Gasteiger partial charge in [0.25, 0.3) is 0 Å². The third-order valence-corrected chi connectivity index (χ3v) is 2.49. The summed E-state index contributed by atoms with van der Waals surface area (Å²) in [7, 11) is 1.92. The lowest BCUT2D eigenvalue weighted by molar-refractivity contribution is 0.200. The zero-order valence-corrected chi connectivity index (χ0v) is 10.2. The van der Waals surface area contributed by atoms with Crippen LogP contribution in [0.1, 0.15) is 5.82 Å². The maximum Gasteiger partial charge on any atom is 0.412 e. The summed E-state index contributed by atoms with van der Waals surface area (Å²) in [4.78, 5) is 15.6. The van der Waals surface area contributed by atoms with E-state index in [1.54, 1.807) is 18.3 Å². The number of carbonyl (C=O) groups excluding carboxylic acids is 1. The smallest absolute Gasteiger partial charge is 0.410 e. The number of ether oxygens (including phenoxy) is 1. The van der Waals surface area contributed by atoms with Crippen molar-refractivity contribution in [1.82, 2.24) is 14.9 Å². The summed E-state index contributed by atoms with van der Waals surface area (Å²) < 4.78 is 7.01. The van der Waals surface area contributed by atoms with Gasteiger partial charge in [-0.3, -0.25) is 0 Å². The molecule has 1 aromatic heterocycles. The van der Waals surface area contributed by atoms with Crippen LogP contribution in [-0.2, 0) is 13.5 Å². The van der Waals surface area contributed by atoms with Crippen LogP contribution in [0.25, 0.3) is 0 Å². The van der Waals surface area contributed by atoms with Crippen LogP contribution in [0.4, 0.5) is 4.79 Å². The molecule has 0 saturated carbocycles. The van der Waals surface area contributed by atoms with Crippen molar-refractivity contribution in [3.63, 3.8) is 0 Å². The lowest BCUT2D eigenvalue weighted by Gasteiger charge is -2.06. The summed E-state index contributed by atoms with van der Waals surface area (Å²) in [5.74, 6) is 1.46. The Labute approximate surface area is 105 Å². The monoisotopic (exact) mass is 245 g/mol. The van der Waals surface area contributed by atoms with E-state index < -0.39 is 6.09 Å². The number of nitrogens with one attached hydrogen (secondary N) is 1. The van der Waals surface area contributed by atoms with Crippen LogP contribution in [0.3, 0.4) is 0 Å². The molecule has 5 heteroatoms. The molecular formula is C13H15N3O2. The maximum atomic E-state index is 11.5. The third-order valence-electron chi connectivity index (χ3n) is 2.49. The zero-order valence-electron chi connectivity index (χ0n) is 10.2. The van der Waals surface area contributed by atoms with E-state index in [4.69, 9.17) is 4.74 Å². The van der Waals surface area contributed by atoms with E-state index in [0.717, 1.165) is 5.82 Å². The number of nitrogens with zero attached hydrogens (tertiary/aromatic N) is 2. The van der Waals surface area contributed by atoms with Gasteiger partial charge in [-0.1, -0.05) is 18.2 Å². The Morgan fingerprint density at radius 2 is 2.17 bits per heavy atom. The zero-order chi connectivity index (χ0) is 12.8. The van der Waals surface area contributed by atoms with Crippen molar-refractivity contribution in [2.75, 3.05) is 6.54 Å². The predicted molar refractivity (Wildman–Crippen MR) is 67.4 cm³/mol. The Balaban J connectivity index is 1.74. The first-order chi connectivity index (χ1) is 8.75. The van der Waals surface area contributed by atoms with Gasteiger partial charge >= 0.3 is 6.09 Å². The summed E-state index contributed by atoms with van der Waals surface area (Å²) in [6.45, 7) is 0.497. The SMILES string of the molecule is Cn1ccnc1CCNC(=O)Oc1ccccc1. The van der Waals surface area contributed by atoms with Gasteiger partial charge in [0.1, 0.15) is 11.6 Å². The van der Waals surface area contributed by atoms with Crippen LogP contribution in [0.5, 0.6) is 5.75 Å². The average Bonchev–Trinajstić information content (AvgIpc) is 2.76. The first kappa shape index (κ1) is 12.2. The van der Waals surface area contributed by atoms with Crippen LogP contribution in [-0.4, -0.2) is 22.2 Å². The molecule has 0 radical (unpaired) electrons. The van der Waals surface area contributed by atoms with Gasteiger partial charge in [0.15, 0.2) is 0 Å². The quantitative estimate of drug-likeness (QED) is 0.892. The Morgan fingerprint density at radius 3 is 2.83 bits per heavy atom. The van der Waals surface area contributed by atoms with E-state index in [9.17, 15) is 4.79 Å². The number of aromatic nitrogens is 2. The predicted octanol–water partition coefficient (Wildman–Crippen LogP) is 1.75. The number of rotatable bonds is 4. The number of para-hydroxylation sites is 1. The first-order valence-electron chi connectivity index (χ1n) is 5.72. The maximum absolute atomic E-state index is 11.5. The Hall–Kier alpha value is -2.30. The van der Waals surface area contributed by atoms with Crippen molar-refractivity contribution in [3.05, 3.63) is 48.5 Å². The summed E-state index contributed by atoms with van der Waals surface area (Å²) in [5.41, 5.74) is 0. The molecule has 0 fully saturated rings. The fraction of sp³-hybridized carbons (Fsp3) is 0.231. The summed E-state index contributed by atoms with van der Waals surface area (Å²) in [6, 6.07) is 8.97. The molecule has 1 N–H and O–H groups in total. The Bertz CT molecular complexity index is 508. The molecule has 0 bridgehead atoms. The van der Waals surface area contributed by atoms with Crippen molar-refractivity contribution < 1.29 is 9.53 Å². The van der Waals surface area contributed by atoms with E-state index >= 15 is 0 Å². The molecule has 2 rings (SSSR count). The molecule has 0 unspecified atom stereocenters. The van der Waals surface area contributed by atoms with Gasteiger partial charge in [-0.15, -0.1) is 0 Å². The fourth-order valence-electron chi connectivity index (χ4n) is 1.55. The lowest BCUT2D eigenvalue weighted by Crippen LogP contribution is -2.29. The lowest BCUT2D eigenvalue weighted by atomic mass is 10.3. The molecule has 18 heavy (non-hydrogen) atoms. The molecule has 0 spiro atoms. The minimum absolute atomic E-state index is 0.449.